The number of rotatable bonds is 3. The number of cyclic esters (lactones) is 1. The van der Waals surface area contributed by atoms with E-state index in [0.29, 0.717) is 22.7 Å². The number of para-hydroxylation sites is 1. The number of hydrogen-bond donors (Lipinski definition) is 1. The van der Waals surface area contributed by atoms with Crippen LogP contribution in [0.5, 0.6) is 0 Å². The molecule has 3 heterocycles. The zero-order valence-electron chi connectivity index (χ0n) is 13.5. The van der Waals surface area contributed by atoms with E-state index in [0.717, 1.165) is 16.9 Å². The molecule has 0 spiro atoms. The Kier molecular flexibility index (Phi) is 3.14. The predicted octanol–water partition coefficient (Wildman–Crippen LogP) is 2.62. The van der Waals surface area contributed by atoms with Crippen molar-refractivity contribution in [1.82, 2.24) is 25.0 Å². The lowest BCUT2D eigenvalue weighted by atomic mass is 10.1. The Morgan fingerprint density at radius 1 is 1.12 bits per heavy atom. The SMILES string of the molecule is O=C1OCc2cc(Nc3ncc4nnn(-c5ccccc5)c4n3)ccc21. The van der Waals surface area contributed by atoms with Crippen LogP contribution in [0, 0.1) is 0 Å². The number of esters is 1. The molecule has 26 heavy (non-hydrogen) atoms. The zero-order chi connectivity index (χ0) is 17.5. The molecule has 5 rings (SSSR count). The fraction of sp³-hybridized carbons (Fsp3) is 0.0556. The van der Waals surface area contributed by atoms with E-state index < -0.39 is 0 Å². The second-order valence-corrected chi connectivity index (χ2v) is 5.81. The van der Waals surface area contributed by atoms with Gasteiger partial charge in [0.05, 0.1) is 17.4 Å². The molecule has 8 nitrogen and oxygen atoms in total. The van der Waals surface area contributed by atoms with E-state index in [-0.39, 0.29) is 12.6 Å². The highest BCUT2D eigenvalue weighted by atomic mass is 16.5. The highest BCUT2D eigenvalue weighted by Gasteiger charge is 2.21. The maximum Gasteiger partial charge on any atom is 0.338 e. The van der Waals surface area contributed by atoms with Gasteiger partial charge in [-0.15, -0.1) is 5.10 Å². The summed E-state index contributed by atoms with van der Waals surface area (Å²) in [6.07, 6.45) is 1.62. The van der Waals surface area contributed by atoms with E-state index in [1.54, 1.807) is 23.0 Å². The third-order valence-corrected chi connectivity index (χ3v) is 4.13. The van der Waals surface area contributed by atoms with Crippen LogP contribution in [-0.2, 0) is 11.3 Å². The lowest BCUT2D eigenvalue weighted by Crippen LogP contribution is -2.01. The van der Waals surface area contributed by atoms with E-state index in [1.807, 2.05) is 36.4 Å². The van der Waals surface area contributed by atoms with Crippen LogP contribution < -0.4 is 5.32 Å². The number of fused-ring (bicyclic) bond motifs is 2. The largest absolute Gasteiger partial charge is 0.457 e. The number of carbonyl (C=O) groups excluding carboxylic acids is 1. The Bertz CT molecular complexity index is 1140. The van der Waals surface area contributed by atoms with Gasteiger partial charge < -0.3 is 10.1 Å². The summed E-state index contributed by atoms with van der Waals surface area (Å²) in [5, 5.41) is 11.4. The maximum atomic E-state index is 11.5. The molecular formula is C18H12N6O2. The number of nitrogens with zero attached hydrogens (tertiary/aromatic N) is 5. The van der Waals surface area contributed by atoms with Crippen molar-refractivity contribution in [2.45, 2.75) is 6.61 Å². The first kappa shape index (κ1) is 14.5. The average Bonchev–Trinajstić information content (AvgIpc) is 3.26. The number of nitrogens with one attached hydrogen (secondary N) is 1. The molecule has 1 aliphatic heterocycles. The summed E-state index contributed by atoms with van der Waals surface area (Å²) in [6, 6.07) is 15.1. The van der Waals surface area contributed by atoms with Crippen molar-refractivity contribution in [3.05, 3.63) is 65.9 Å². The van der Waals surface area contributed by atoms with Crippen molar-refractivity contribution in [2.75, 3.05) is 5.32 Å². The van der Waals surface area contributed by atoms with Gasteiger partial charge in [-0.25, -0.2) is 9.78 Å². The molecular weight excluding hydrogens is 332 g/mol. The monoisotopic (exact) mass is 344 g/mol. The number of anilines is 2. The number of carbonyl (C=O) groups is 1. The molecule has 2 aromatic heterocycles. The van der Waals surface area contributed by atoms with Crippen LogP contribution >= 0.6 is 0 Å². The first-order chi connectivity index (χ1) is 12.8. The third-order valence-electron chi connectivity index (χ3n) is 4.13. The highest BCUT2D eigenvalue weighted by Crippen LogP contribution is 2.25. The van der Waals surface area contributed by atoms with E-state index in [4.69, 9.17) is 4.74 Å². The van der Waals surface area contributed by atoms with Crippen molar-refractivity contribution in [3.63, 3.8) is 0 Å². The van der Waals surface area contributed by atoms with Crippen LogP contribution in [0.4, 0.5) is 11.6 Å². The van der Waals surface area contributed by atoms with Crippen molar-refractivity contribution < 1.29 is 9.53 Å². The van der Waals surface area contributed by atoms with Gasteiger partial charge in [-0.2, -0.15) is 9.67 Å². The highest BCUT2D eigenvalue weighted by molar-refractivity contribution is 5.94. The summed E-state index contributed by atoms with van der Waals surface area (Å²) in [5.74, 6) is 0.129. The average molecular weight is 344 g/mol. The van der Waals surface area contributed by atoms with E-state index in [9.17, 15) is 4.79 Å². The van der Waals surface area contributed by atoms with Gasteiger partial charge in [0.25, 0.3) is 0 Å². The Morgan fingerprint density at radius 2 is 2.00 bits per heavy atom. The summed E-state index contributed by atoms with van der Waals surface area (Å²) in [6.45, 7) is 0.286. The summed E-state index contributed by atoms with van der Waals surface area (Å²) in [7, 11) is 0. The lowest BCUT2D eigenvalue weighted by Gasteiger charge is -2.06. The Labute approximate surface area is 147 Å². The lowest BCUT2D eigenvalue weighted by molar-refractivity contribution is 0.0535. The van der Waals surface area contributed by atoms with Crippen LogP contribution in [0.15, 0.2) is 54.7 Å². The minimum Gasteiger partial charge on any atom is -0.457 e. The summed E-state index contributed by atoms with van der Waals surface area (Å²) >= 11 is 0. The molecule has 0 unspecified atom stereocenters. The molecule has 126 valence electrons. The first-order valence-corrected chi connectivity index (χ1v) is 7.99. The van der Waals surface area contributed by atoms with Crippen molar-refractivity contribution in [2.24, 2.45) is 0 Å². The zero-order valence-corrected chi connectivity index (χ0v) is 13.5. The third kappa shape index (κ3) is 2.35. The molecule has 4 aromatic rings. The van der Waals surface area contributed by atoms with Crippen LogP contribution in [0.3, 0.4) is 0 Å². The molecule has 1 aliphatic rings. The Morgan fingerprint density at radius 3 is 2.88 bits per heavy atom. The van der Waals surface area contributed by atoms with Gasteiger partial charge in [0.1, 0.15) is 6.61 Å². The summed E-state index contributed by atoms with van der Waals surface area (Å²) in [4.78, 5) is 20.4. The van der Waals surface area contributed by atoms with E-state index in [1.165, 1.54) is 0 Å². The number of hydrogen-bond acceptors (Lipinski definition) is 7. The Hall–Kier alpha value is -3.81. The molecule has 1 N–H and O–H groups in total. The van der Waals surface area contributed by atoms with Crippen molar-refractivity contribution in [1.29, 1.82) is 0 Å². The van der Waals surface area contributed by atoms with Gasteiger partial charge in [0, 0.05) is 11.3 Å². The number of benzene rings is 2. The minimum absolute atomic E-state index is 0.286. The molecule has 0 fully saturated rings. The van der Waals surface area contributed by atoms with Crippen molar-refractivity contribution >= 4 is 28.8 Å². The van der Waals surface area contributed by atoms with E-state index in [2.05, 4.69) is 25.6 Å². The minimum atomic E-state index is -0.290. The summed E-state index contributed by atoms with van der Waals surface area (Å²) in [5.41, 5.74) is 4.30. The topological polar surface area (TPSA) is 94.8 Å². The van der Waals surface area contributed by atoms with E-state index >= 15 is 0 Å². The molecule has 0 atom stereocenters. The molecule has 0 saturated heterocycles. The number of aromatic nitrogens is 5. The molecule has 0 amide bonds. The second-order valence-electron chi connectivity index (χ2n) is 5.81. The van der Waals surface area contributed by atoms with Crippen molar-refractivity contribution in [3.8, 4) is 5.69 Å². The fourth-order valence-electron chi connectivity index (χ4n) is 2.87. The molecule has 0 radical (unpaired) electrons. The second kappa shape index (κ2) is 5.62. The molecule has 0 aliphatic carbocycles. The smallest absolute Gasteiger partial charge is 0.338 e. The first-order valence-electron chi connectivity index (χ1n) is 7.99. The van der Waals surface area contributed by atoms with Crippen LogP contribution in [-0.4, -0.2) is 30.9 Å². The van der Waals surface area contributed by atoms with Gasteiger partial charge in [0.15, 0.2) is 11.2 Å². The molecule has 0 bridgehead atoms. The van der Waals surface area contributed by atoms with Crippen LogP contribution in [0.2, 0.25) is 0 Å². The molecule has 8 heteroatoms. The number of ether oxygens (including phenoxy) is 1. The van der Waals surface area contributed by atoms with Gasteiger partial charge in [-0.05, 0) is 30.3 Å². The van der Waals surface area contributed by atoms with Gasteiger partial charge in [-0.3, -0.25) is 0 Å². The Balaban J connectivity index is 1.51. The van der Waals surface area contributed by atoms with Crippen LogP contribution in [0.1, 0.15) is 15.9 Å². The van der Waals surface area contributed by atoms with Gasteiger partial charge in [0.2, 0.25) is 5.95 Å². The summed E-state index contributed by atoms with van der Waals surface area (Å²) < 4.78 is 6.69. The van der Waals surface area contributed by atoms with Gasteiger partial charge in [-0.1, -0.05) is 23.4 Å². The standard InChI is InChI=1S/C18H12N6O2/c25-17-14-7-6-12(8-11(14)10-26-17)20-18-19-9-15-16(21-18)24(23-22-15)13-4-2-1-3-5-13/h1-9H,10H2,(H,19,20,21). The van der Waals surface area contributed by atoms with Crippen LogP contribution in [0.25, 0.3) is 16.9 Å². The quantitative estimate of drug-likeness (QED) is 0.571. The predicted molar refractivity (Wildman–Crippen MR) is 93.3 cm³/mol. The molecule has 2 aromatic carbocycles. The fourth-order valence-corrected chi connectivity index (χ4v) is 2.87. The van der Waals surface area contributed by atoms with Gasteiger partial charge >= 0.3 is 5.97 Å². The normalized spacial score (nSPS) is 12.8. The molecule has 0 saturated carbocycles. The maximum absolute atomic E-state index is 11.5.